The molecular formula is C24H18Cl2FN3O2S. The lowest BCUT2D eigenvalue weighted by Gasteiger charge is -2.22. The summed E-state index contributed by atoms with van der Waals surface area (Å²) >= 11 is 13.6. The van der Waals surface area contributed by atoms with E-state index in [-0.39, 0.29) is 29.0 Å². The lowest BCUT2D eigenvalue weighted by molar-refractivity contribution is 0.0710. The predicted octanol–water partition coefficient (Wildman–Crippen LogP) is 6.65. The molecule has 2 aromatic carbocycles. The number of aromatic nitrogens is 2. The average Bonchev–Trinajstić information content (AvgIpc) is 3.33. The molecule has 0 saturated carbocycles. The molecule has 0 saturated heterocycles. The maximum Gasteiger partial charge on any atom is 0.274 e. The zero-order chi connectivity index (χ0) is 23.2. The summed E-state index contributed by atoms with van der Waals surface area (Å²) in [6, 6.07) is 17.0. The highest BCUT2D eigenvalue weighted by atomic mass is 35.5. The van der Waals surface area contributed by atoms with Gasteiger partial charge >= 0.3 is 0 Å². The first-order valence-corrected chi connectivity index (χ1v) is 11.7. The summed E-state index contributed by atoms with van der Waals surface area (Å²) in [5.41, 5.74) is 1.92. The van der Waals surface area contributed by atoms with Gasteiger partial charge in [0, 0.05) is 17.3 Å². The van der Waals surface area contributed by atoms with Crippen LogP contribution in [0, 0.1) is 5.82 Å². The number of benzene rings is 2. The monoisotopic (exact) mass is 501 g/mol. The number of hydrogen-bond acceptors (Lipinski definition) is 5. The van der Waals surface area contributed by atoms with Crippen molar-refractivity contribution in [2.24, 2.45) is 0 Å². The highest BCUT2D eigenvalue weighted by Gasteiger charge is 2.23. The Morgan fingerprint density at radius 2 is 1.73 bits per heavy atom. The third-order valence-corrected chi connectivity index (χ3v) is 6.17. The van der Waals surface area contributed by atoms with Gasteiger partial charge in [0.25, 0.3) is 5.91 Å². The Hall–Kier alpha value is -2.87. The van der Waals surface area contributed by atoms with Crippen molar-refractivity contribution in [2.45, 2.75) is 24.0 Å². The van der Waals surface area contributed by atoms with E-state index in [0.717, 1.165) is 11.1 Å². The molecule has 0 aliphatic rings. The molecule has 9 heteroatoms. The lowest BCUT2D eigenvalue weighted by Crippen LogP contribution is -2.31. The molecule has 33 heavy (non-hydrogen) atoms. The molecule has 2 heterocycles. The predicted molar refractivity (Wildman–Crippen MR) is 127 cm³/mol. The molecule has 0 aliphatic carbocycles. The van der Waals surface area contributed by atoms with Crippen LogP contribution in [0.3, 0.4) is 0 Å². The van der Waals surface area contributed by atoms with Crippen LogP contribution in [0.4, 0.5) is 4.39 Å². The highest BCUT2D eigenvalue weighted by Crippen LogP contribution is 2.24. The van der Waals surface area contributed by atoms with E-state index in [0.29, 0.717) is 28.2 Å². The van der Waals surface area contributed by atoms with Gasteiger partial charge in [0.05, 0.1) is 24.0 Å². The molecule has 0 fully saturated rings. The minimum atomic E-state index is -0.350. The van der Waals surface area contributed by atoms with Crippen LogP contribution >= 0.6 is 35.0 Å². The van der Waals surface area contributed by atoms with Crippen LogP contribution in [0.2, 0.25) is 10.0 Å². The molecule has 0 aliphatic heterocycles. The fraction of sp³-hybridized carbons (Fsp3) is 0.125. The van der Waals surface area contributed by atoms with Crippen LogP contribution in [0.1, 0.15) is 27.4 Å². The van der Waals surface area contributed by atoms with Crippen molar-refractivity contribution < 1.29 is 13.6 Å². The van der Waals surface area contributed by atoms with Crippen molar-refractivity contribution in [1.82, 2.24) is 14.9 Å². The molecule has 0 radical (unpaired) electrons. The zero-order valence-corrected chi connectivity index (χ0v) is 19.6. The van der Waals surface area contributed by atoms with Gasteiger partial charge < -0.3 is 9.32 Å². The maximum atomic E-state index is 13.5. The summed E-state index contributed by atoms with van der Waals surface area (Å²) in [7, 11) is 0. The van der Waals surface area contributed by atoms with E-state index in [1.165, 1.54) is 30.1 Å². The van der Waals surface area contributed by atoms with Gasteiger partial charge in [-0.25, -0.2) is 14.4 Å². The highest BCUT2D eigenvalue weighted by molar-refractivity contribution is 7.98. The topological polar surface area (TPSA) is 59.2 Å². The van der Waals surface area contributed by atoms with Crippen molar-refractivity contribution in [3.8, 4) is 0 Å². The van der Waals surface area contributed by atoms with Crippen molar-refractivity contribution >= 4 is 40.9 Å². The fourth-order valence-electron chi connectivity index (χ4n) is 3.05. The van der Waals surface area contributed by atoms with Crippen LogP contribution < -0.4 is 0 Å². The maximum absolute atomic E-state index is 13.5. The number of amides is 1. The van der Waals surface area contributed by atoms with Crippen LogP contribution in [0.5, 0.6) is 0 Å². The Morgan fingerprint density at radius 3 is 2.42 bits per heavy atom. The first-order chi connectivity index (χ1) is 16.0. The van der Waals surface area contributed by atoms with Gasteiger partial charge in [-0.1, -0.05) is 59.2 Å². The molecule has 2 aromatic heterocycles. The number of carbonyl (C=O) groups excluding carboxylic acids is 1. The van der Waals surface area contributed by atoms with Crippen LogP contribution in [0.15, 0.2) is 82.7 Å². The third-order valence-electron chi connectivity index (χ3n) is 4.71. The van der Waals surface area contributed by atoms with Gasteiger partial charge in [-0.2, -0.15) is 0 Å². The van der Waals surface area contributed by atoms with Crippen molar-refractivity contribution in [3.05, 3.63) is 112 Å². The van der Waals surface area contributed by atoms with Crippen molar-refractivity contribution in [3.63, 3.8) is 0 Å². The molecule has 5 nitrogen and oxygen atoms in total. The van der Waals surface area contributed by atoms with Gasteiger partial charge in [-0.15, -0.1) is 0 Å². The lowest BCUT2D eigenvalue weighted by atomic mass is 10.2. The van der Waals surface area contributed by atoms with Gasteiger partial charge in [-0.3, -0.25) is 4.79 Å². The average molecular weight is 502 g/mol. The van der Waals surface area contributed by atoms with E-state index in [4.69, 9.17) is 27.6 Å². The first-order valence-electron chi connectivity index (χ1n) is 9.94. The quantitative estimate of drug-likeness (QED) is 0.200. The molecule has 4 rings (SSSR count). The van der Waals surface area contributed by atoms with E-state index in [9.17, 15) is 9.18 Å². The molecular weight excluding hydrogens is 484 g/mol. The summed E-state index contributed by atoms with van der Waals surface area (Å²) < 4.78 is 18.6. The van der Waals surface area contributed by atoms with Crippen LogP contribution in [-0.2, 0) is 18.8 Å². The smallest absolute Gasteiger partial charge is 0.274 e. The van der Waals surface area contributed by atoms with Gasteiger partial charge in [0.2, 0.25) is 0 Å². The number of thioether (sulfide) groups is 1. The van der Waals surface area contributed by atoms with E-state index in [1.807, 2.05) is 12.1 Å². The van der Waals surface area contributed by atoms with E-state index in [1.54, 1.807) is 47.6 Å². The van der Waals surface area contributed by atoms with Crippen molar-refractivity contribution in [1.29, 1.82) is 0 Å². The molecule has 0 N–H and O–H groups in total. The van der Waals surface area contributed by atoms with Gasteiger partial charge in [0.15, 0.2) is 10.9 Å². The zero-order valence-electron chi connectivity index (χ0n) is 17.2. The minimum absolute atomic E-state index is 0.105. The number of nitrogens with zero attached hydrogens (tertiary/aromatic N) is 3. The number of hydrogen-bond donors (Lipinski definition) is 0. The number of halogens is 3. The molecule has 1 amide bonds. The second-order valence-electron chi connectivity index (χ2n) is 7.13. The van der Waals surface area contributed by atoms with Crippen LogP contribution in [0.25, 0.3) is 0 Å². The van der Waals surface area contributed by atoms with E-state index >= 15 is 0 Å². The fourth-order valence-corrected chi connectivity index (χ4v) is 4.12. The Balaban J connectivity index is 1.55. The first kappa shape index (κ1) is 23.3. The molecule has 168 valence electrons. The molecule has 0 atom stereocenters. The summed E-state index contributed by atoms with van der Waals surface area (Å²) in [6.07, 6.45) is 2.98. The standard InChI is InChI=1S/C24H18Cl2FN3O2S/c25-18-7-3-16(4-8-18)13-30(14-20-2-1-11-32-20)23(31)22-21(26)12-28-24(29-22)33-15-17-5-9-19(27)10-6-17/h1-12H,13-15H2. The normalized spacial score (nSPS) is 10.9. The summed E-state index contributed by atoms with van der Waals surface area (Å²) in [4.78, 5) is 23.7. The Labute approximate surface area is 204 Å². The molecule has 0 unspecified atom stereocenters. The van der Waals surface area contributed by atoms with E-state index in [2.05, 4.69) is 9.97 Å². The Bertz CT molecular complexity index is 1220. The second-order valence-corrected chi connectivity index (χ2v) is 8.92. The van der Waals surface area contributed by atoms with Crippen molar-refractivity contribution in [2.75, 3.05) is 0 Å². The van der Waals surface area contributed by atoms with Gasteiger partial charge in [-0.05, 0) is 47.5 Å². The van der Waals surface area contributed by atoms with E-state index < -0.39 is 0 Å². The van der Waals surface area contributed by atoms with Gasteiger partial charge in [0.1, 0.15) is 11.6 Å². The molecule has 0 spiro atoms. The SMILES string of the molecule is O=C(c1nc(SCc2ccc(F)cc2)ncc1Cl)N(Cc1ccc(Cl)cc1)Cc1ccco1. The summed E-state index contributed by atoms with van der Waals surface area (Å²) in [5.74, 6) is 0.513. The number of carbonyl (C=O) groups is 1. The Morgan fingerprint density at radius 1 is 1.00 bits per heavy atom. The largest absolute Gasteiger partial charge is 0.467 e. The summed E-state index contributed by atoms with van der Waals surface area (Å²) in [6.45, 7) is 0.557. The van der Waals surface area contributed by atoms with Crippen LogP contribution in [-0.4, -0.2) is 20.8 Å². The second kappa shape index (κ2) is 10.8. The molecule has 0 bridgehead atoms. The minimum Gasteiger partial charge on any atom is -0.467 e. The molecule has 4 aromatic rings. The third kappa shape index (κ3) is 6.35. The Kier molecular flexibility index (Phi) is 7.65. The summed E-state index contributed by atoms with van der Waals surface area (Å²) in [5, 5.41) is 1.17. The number of rotatable bonds is 8. The number of furan rings is 1.